The molecule has 0 aliphatic rings. The number of Topliss-reactive ketones (excluding diaryl/α,β-unsaturated/α-hetero) is 1. The molecule has 1 aromatic heterocycles. The number of halogens is 2. The number of hydrogen-bond acceptors (Lipinski definition) is 6. The Hall–Kier alpha value is -2.20. The number of benzene rings is 1. The van der Waals surface area contributed by atoms with Gasteiger partial charge in [-0.1, -0.05) is 29.3 Å². The van der Waals surface area contributed by atoms with Crippen molar-refractivity contribution in [2.24, 2.45) is 0 Å². The number of carbonyl (C=O) groups is 2. The molecule has 0 saturated heterocycles. The molecule has 1 heterocycles. The average molecular weight is 395 g/mol. The smallest absolute Gasteiger partial charge is 0.331 e. The number of hydrogen-bond donors (Lipinski definition) is 0. The molecule has 0 radical (unpaired) electrons. The van der Waals surface area contributed by atoms with Crippen LogP contribution < -0.4 is 0 Å². The van der Waals surface area contributed by atoms with Gasteiger partial charge in [0.25, 0.3) is 0 Å². The highest BCUT2D eigenvalue weighted by atomic mass is 35.5. The van der Waals surface area contributed by atoms with E-state index in [4.69, 9.17) is 33.2 Å². The van der Waals surface area contributed by atoms with E-state index in [0.717, 1.165) is 11.8 Å². The van der Waals surface area contributed by atoms with Crippen molar-refractivity contribution in [3.63, 3.8) is 0 Å². The van der Waals surface area contributed by atoms with Crippen LogP contribution in [0.15, 0.2) is 29.7 Å². The molecule has 0 spiro atoms. The number of nitrogens with zero attached hydrogens (tertiary/aromatic N) is 2. The first-order valence-electron chi connectivity index (χ1n) is 7.05. The van der Waals surface area contributed by atoms with Crippen molar-refractivity contribution in [1.29, 1.82) is 5.26 Å². The first-order chi connectivity index (χ1) is 11.9. The quantitative estimate of drug-likeness (QED) is 0.541. The van der Waals surface area contributed by atoms with Gasteiger partial charge >= 0.3 is 5.97 Å². The Kier molecular flexibility index (Phi) is 6.71. The molecule has 8 heteroatoms. The minimum Gasteiger partial charge on any atom is -0.454 e. The molecule has 128 valence electrons. The number of aryl methyl sites for hydroxylation is 1. The lowest BCUT2D eigenvalue weighted by molar-refractivity contribution is -0.143. The fraction of sp³-hybridized carbons (Fsp3) is 0.176. The summed E-state index contributed by atoms with van der Waals surface area (Å²) < 4.78 is 4.88. The van der Waals surface area contributed by atoms with E-state index in [1.807, 2.05) is 6.07 Å². The number of rotatable bonds is 6. The topological polar surface area (TPSA) is 80.0 Å². The Morgan fingerprint density at radius 2 is 2.20 bits per heavy atom. The summed E-state index contributed by atoms with van der Waals surface area (Å²) in [4.78, 5) is 27.9. The van der Waals surface area contributed by atoms with Gasteiger partial charge in [-0.25, -0.2) is 9.78 Å². The highest BCUT2D eigenvalue weighted by Gasteiger charge is 2.24. The van der Waals surface area contributed by atoms with E-state index in [-0.39, 0.29) is 0 Å². The zero-order valence-corrected chi connectivity index (χ0v) is 15.4. The van der Waals surface area contributed by atoms with Crippen LogP contribution in [-0.4, -0.2) is 23.3 Å². The number of ketones is 1. The summed E-state index contributed by atoms with van der Waals surface area (Å²) >= 11 is 13.0. The second kappa shape index (κ2) is 8.77. The predicted octanol–water partition coefficient (Wildman–Crippen LogP) is 4.19. The molecule has 0 aliphatic carbocycles. The number of ether oxygens (including phenoxy) is 1. The van der Waals surface area contributed by atoms with Crippen LogP contribution in [0.3, 0.4) is 0 Å². The molecular formula is C17H12Cl2N2O3S. The Bertz CT molecular complexity index is 871. The Labute approximate surface area is 158 Å². The molecule has 0 amide bonds. The van der Waals surface area contributed by atoms with Gasteiger partial charge in [-0.15, -0.1) is 11.3 Å². The zero-order chi connectivity index (χ0) is 18.4. The summed E-state index contributed by atoms with van der Waals surface area (Å²) in [5.74, 6) is -2.28. The van der Waals surface area contributed by atoms with Gasteiger partial charge in [-0.2, -0.15) is 5.26 Å². The van der Waals surface area contributed by atoms with E-state index in [0.29, 0.717) is 20.6 Å². The largest absolute Gasteiger partial charge is 0.454 e. The molecule has 25 heavy (non-hydrogen) atoms. The molecule has 0 fully saturated rings. The fourth-order valence-corrected chi connectivity index (χ4v) is 3.17. The van der Waals surface area contributed by atoms with E-state index in [2.05, 4.69) is 4.98 Å². The van der Waals surface area contributed by atoms with Crippen LogP contribution in [0.5, 0.6) is 0 Å². The number of thiazole rings is 1. The number of esters is 1. The van der Waals surface area contributed by atoms with Crippen LogP contribution >= 0.6 is 34.5 Å². The van der Waals surface area contributed by atoms with Gasteiger partial charge in [0, 0.05) is 27.2 Å². The molecule has 0 unspecified atom stereocenters. The van der Waals surface area contributed by atoms with Gasteiger partial charge in [0.1, 0.15) is 5.01 Å². The molecule has 2 aromatic rings. The first-order valence-corrected chi connectivity index (χ1v) is 8.68. The lowest BCUT2D eigenvalue weighted by Gasteiger charge is -2.05. The summed E-state index contributed by atoms with van der Waals surface area (Å²) in [5, 5.41) is 12.2. The molecular weight excluding hydrogens is 383 g/mol. The van der Waals surface area contributed by atoms with Gasteiger partial charge < -0.3 is 4.74 Å². The van der Waals surface area contributed by atoms with Gasteiger partial charge in [0.2, 0.25) is 0 Å². The summed E-state index contributed by atoms with van der Waals surface area (Å²) in [6.07, 6.45) is 2.61. The highest BCUT2D eigenvalue weighted by molar-refractivity contribution is 7.09. The van der Waals surface area contributed by atoms with Crippen molar-refractivity contribution in [3.05, 3.63) is 56.0 Å². The summed E-state index contributed by atoms with van der Waals surface area (Å²) in [7, 11) is 0. The SMILES string of the molecule is Cc1csc([C@H](C#N)C(=O)COC(=O)/C=C/c2ccc(Cl)cc2Cl)n1. The van der Waals surface area contributed by atoms with Crippen molar-refractivity contribution >= 4 is 52.4 Å². The number of nitriles is 1. The summed E-state index contributed by atoms with van der Waals surface area (Å²) in [5.41, 5.74) is 1.32. The van der Waals surface area contributed by atoms with Crippen LogP contribution in [-0.2, 0) is 14.3 Å². The lowest BCUT2D eigenvalue weighted by Crippen LogP contribution is -2.19. The second-order valence-corrected chi connectivity index (χ2v) is 6.70. The Balaban J connectivity index is 1.93. The molecule has 5 nitrogen and oxygen atoms in total. The molecule has 0 saturated carbocycles. The van der Waals surface area contributed by atoms with Crippen LogP contribution in [0.4, 0.5) is 0 Å². The Morgan fingerprint density at radius 3 is 2.80 bits per heavy atom. The van der Waals surface area contributed by atoms with Gasteiger partial charge in [-0.3, -0.25) is 4.79 Å². The fourth-order valence-electron chi connectivity index (χ4n) is 1.84. The third kappa shape index (κ3) is 5.40. The molecule has 0 bridgehead atoms. The molecule has 2 rings (SSSR count). The van der Waals surface area contributed by atoms with E-state index in [9.17, 15) is 9.59 Å². The predicted molar refractivity (Wildman–Crippen MR) is 96.7 cm³/mol. The number of carbonyl (C=O) groups excluding carboxylic acids is 2. The van der Waals surface area contributed by atoms with E-state index in [1.54, 1.807) is 30.5 Å². The van der Waals surface area contributed by atoms with Crippen LogP contribution in [0.25, 0.3) is 6.08 Å². The van der Waals surface area contributed by atoms with Gasteiger partial charge in [0.05, 0.1) is 6.07 Å². The van der Waals surface area contributed by atoms with Gasteiger partial charge in [0.15, 0.2) is 18.3 Å². The molecule has 1 atom stereocenters. The van der Waals surface area contributed by atoms with Crippen molar-refractivity contribution in [2.45, 2.75) is 12.8 Å². The van der Waals surface area contributed by atoms with Crippen LogP contribution in [0.1, 0.15) is 22.2 Å². The van der Waals surface area contributed by atoms with Crippen molar-refractivity contribution < 1.29 is 14.3 Å². The maximum atomic E-state index is 12.1. The molecule has 1 aromatic carbocycles. The second-order valence-electron chi connectivity index (χ2n) is 4.96. The average Bonchev–Trinajstić information content (AvgIpc) is 2.99. The van der Waals surface area contributed by atoms with E-state index >= 15 is 0 Å². The third-order valence-corrected chi connectivity index (χ3v) is 4.64. The monoisotopic (exact) mass is 394 g/mol. The Morgan fingerprint density at radius 1 is 1.44 bits per heavy atom. The zero-order valence-electron chi connectivity index (χ0n) is 13.0. The van der Waals surface area contributed by atoms with Crippen molar-refractivity contribution in [1.82, 2.24) is 4.98 Å². The van der Waals surface area contributed by atoms with Gasteiger partial charge in [-0.05, 0) is 30.7 Å². The van der Waals surface area contributed by atoms with E-state index < -0.39 is 24.3 Å². The minimum atomic E-state index is -1.04. The maximum Gasteiger partial charge on any atom is 0.331 e. The van der Waals surface area contributed by atoms with Crippen molar-refractivity contribution in [3.8, 4) is 6.07 Å². The molecule has 0 aliphatic heterocycles. The third-order valence-electron chi connectivity index (χ3n) is 3.05. The summed E-state index contributed by atoms with van der Waals surface area (Å²) in [6, 6.07) is 6.72. The minimum absolute atomic E-state index is 0.385. The standard InChI is InChI=1S/C17H12Cl2N2O3S/c1-10-9-25-17(21-10)13(7-20)15(22)8-24-16(23)5-3-11-2-4-12(18)6-14(11)19/h2-6,9,13H,8H2,1H3/b5-3+/t13-/m1/s1. The highest BCUT2D eigenvalue weighted by Crippen LogP contribution is 2.22. The summed E-state index contributed by atoms with van der Waals surface area (Å²) in [6.45, 7) is 1.26. The molecule has 0 N–H and O–H groups in total. The van der Waals surface area contributed by atoms with Crippen molar-refractivity contribution in [2.75, 3.05) is 6.61 Å². The first kappa shape index (κ1) is 19.1. The van der Waals surface area contributed by atoms with Crippen LogP contribution in [0, 0.1) is 18.3 Å². The normalized spacial score (nSPS) is 11.9. The number of aromatic nitrogens is 1. The van der Waals surface area contributed by atoms with E-state index in [1.165, 1.54) is 17.4 Å². The maximum absolute atomic E-state index is 12.1. The van der Waals surface area contributed by atoms with Crippen LogP contribution in [0.2, 0.25) is 10.0 Å². The lowest BCUT2D eigenvalue weighted by atomic mass is 10.1.